The van der Waals surface area contributed by atoms with Gasteiger partial charge in [0.05, 0.1) is 11.8 Å². The summed E-state index contributed by atoms with van der Waals surface area (Å²) in [5, 5.41) is 3.19. The van der Waals surface area contributed by atoms with Gasteiger partial charge in [0.25, 0.3) is 0 Å². The number of nitrogens with one attached hydrogen (secondary N) is 1. The Morgan fingerprint density at radius 3 is 2.50 bits per heavy atom. The third kappa shape index (κ3) is 6.59. The van der Waals surface area contributed by atoms with Crippen LogP contribution in [-0.2, 0) is 9.53 Å². The van der Waals surface area contributed by atoms with Crippen molar-refractivity contribution >= 4 is 11.6 Å². The minimum atomic E-state index is -0.222. The zero-order valence-corrected chi connectivity index (χ0v) is 19.5. The van der Waals surface area contributed by atoms with Crippen LogP contribution in [0.2, 0.25) is 0 Å². The van der Waals surface area contributed by atoms with E-state index in [1.165, 1.54) is 38.8 Å². The van der Waals surface area contributed by atoms with Gasteiger partial charge >= 0.3 is 0 Å². The lowest BCUT2D eigenvalue weighted by atomic mass is 9.95. The van der Waals surface area contributed by atoms with Gasteiger partial charge in [-0.25, -0.2) is 0 Å². The summed E-state index contributed by atoms with van der Waals surface area (Å²) in [5.74, 6) is 0.390. The third-order valence-electron chi connectivity index (χ3n) is 7.07. The number of carbonyl (C=O) groups excluding carboxylic acids is 1. The first-order valence-corrected chi connectivity index (χ1v) is 12.5. The van der Waals surface area contributed by atoms with Crippen LogP contribution in [0.3, 0.4) is 0 Å². The molecule has 0 aliphatic carbocycles. The Bertz CT molecular complexity index is 740. The molecular formula is C25H39N5O2. The van der Waals surface area contributed by atoms with E-state index >= 15 is 0 Å². The maximum Gasteiger partial charge on any atom is 0.223 e. The minimum Gasteiger partial charge on any atom is -0.356 e. The van der Waals surface area contributed by atoms with Gasteiger partial charge in [0, 0.05) is 37.0 Å². The number of aliphatic imine (C=N–C) groups is 1. The molecule has 2 saturated heterocycles. The van der Waals surface area contributed by atoms with Crippen LogP contribution in [0.25, 0.3) is 0 Å². The maximum atomic E-state index is 12.6. The van der Waals surface area contributed by atoms with E-state index in [0.29, 0.717) is 0 Å². The summed E-state index contributed by atoms with van der Waals surface area (Å²) in [5.41, 5.74) is 2.15. The zero-order chi connectivity index (χ0) is 22.2. The number of ether oxygens (including phenoxy) is 1. The smallest absolute Gasteiger partial charge is 0.223 e. The second-order valence-electron chi connectivity index (χ2n) is 9.48. The molecule has 3 aliphatic heterocycles. The van der Waals surface area contributed by atoms with Crippen molar-refractivity contribution in [1.82, 2.24) is 20.1 Å². The van der Waals surface area contributed by atoms with Crippen molar-refractivity contribution in [3.63, 3.8) is 0 Å². The fourth-order valence-corrected chi connectivity index (χ4v) is 5.01. The molecule has 7 nitrogen and oxygen atoms in total. The normalized spacial score (nSPS) is 26.0. The molecule has 176 valence electrons. The molecule has 1 aromatic heterocycles. The molecule has 0 spiro atoms. The van der Waals surface area contributed by atoms with Crippen molar-refractivity contribution in [1.29, 1.82) is 0 Å². The van der Waals surface area contributed by atoms with Crippen LogP contribution in [0.5, 0.6) is 0 Å². The van der Waals surface area contributed by atoms with Gasteiger partial charge in [-0.05, 0) is 83.9 Å². The number of rotatable bonds is 8. The van der Waals surface area contributed by atoms with Crippen molar-refractivity contribution in [3.8, 4) is 0 Å². The summed E-state index contributed by atoms with van der Waals surface area (Å²) >= 11 is 0. The Kier molecular flexibility index (Phi) is 8.65. The summed E-state index contributed by atoms with van der Waals surface area (Å²) in [6, 6.07) is 3.92. The van der Waals surface area contributed by atoms with Gasteiger partial charge in [-0.1, -0.05) is 12.8 Å². The van der Waals surface area contributed by atoms with Crippen molar-refractivity contribution in [2.24, 2.45) is 10.9 Å². The largest absolute Gasteiger partial charge is 0.356 e. The molecule has 2 fully saturated rings. The molecule has 0 radical (unpaired) electrons. The number of likely N-dealkylation sites (tertiary alicyclic amines) is 2. The van der Waals surface area contributed by atoms with E-state index in [-0.39, 0.29) is 24.2 Å². The van der Waals surface area contributed by atoms with E-state index in [4.69, 9.17) is 9.73 Å². The highest BCUT2D eigenvalue weighted by Crippen LogP contribution is 2.27. The molecule has 0 bridgehead atoms. The van der Waals surface area contributed by atoms with Crippen molar-refractivity contribution in [3.05, 3.63) is 30.1 Å². The number of amides is 1. The van der Waals surface area contributed by atoms with E-state index in [2.05, 4.69) is 27.0 Å². The fourth-order valence-electron chi connectivity index (χ4n) is 5.01. The number of hydrogen-bond acceptors (Lipinski definition) is 6. The summed E-state index contributed by atoms with van der Waals surface area (Å²) < 4.78 is 6.04. The topological polar surface area (TPSA) is 70.1 Å². The highest BCUT2D eigenvalue weighted by Gasteiger charge is 2.30. The Hall–Kier alpha value is -1.83. The zero-order valence-electron chi connectivity index (χ0n) is 19.5. The lowest BCUT2D eigenvalue weighted by Gasteiger charge is -2.31. The van der Waals surface area contributed by atoms with E-state index in [1.54, 1.807) is 12.4 Å². The molecule has 4 heterocycles. The van der Waals surface area contributed by atoms with Crippen molar-refractivity contribution in [2.45, 2.75) is 64.2 Å². The summed E-state index contributed by atoms with van der Waals surface area (Å²) in [6.07, 6.45) is 11.7. The van der Waals surface area contributed by atoms with Crippen molar-refractivity contribution in [2.75, 3.05) is 45.8 Å². The molecule has 0 saturated carbocycles. The molecule has 32 heavy (non-hydrogen) atoms. The lowest BCUT2D eigenvalue weighted by molar-refractivity contribution is -0.126. The molecule has 1 aromatic rings. The van der Waals surface area contributed by atoms with Gasteiger partial charge in [-0.2, -0.15) is 0 Å². The number of aromatic nitrogens is 1. The molecule has 1 amide bonds. The minimum absolute atomic E-state index is 0.0263. The van der Waals surface area contributed by atoms with Crippen LogP contribution >= 0.6 is 0 Å². The molecule has 3 aliphatic rings. The Labute approximate surface area is 192 Å². The summed E-state index contributed by atoms with van der Waals surface area (Å²) in [4.78, 5) is 26.5. The molecule has 0 aromatic carbocycles. The summed E-state index contributed by atoms with van der Waals surface area (Å²) in [6.45, 7) is 9.16. The second kappa shape index (κ2) is 11.9. The highest BCUT2D eigenvalue weighted by molar-refractivity contribution is 5.91. The van der Waals surface area contributed by atoms with Gasteiger partial charge < -0.3 is 15.0 Å². The number of piperidine rings is 1. The number of nitrogens with zero attached hydrogens (tertiary/aromatic N) is 4. The molecule has 2 unspecified atom stereocenters. The molecular weight excluding hydrogens is 402 g/mol. The van der Waals surface area contributed by atoms with E-state index in [0.717, 1.165) is 63.3 Å². The predicted octanol–water partition coefficient (Wildman–Crippen LogP) is 3.03. The molecule has 1 N–H and O–H groups in total. The SMILES string of the molecule is CC1OC(c2ccncc2)N=C1CN1CCC(C(=O)NCCCN2CCCCCC2)CC1. The number of pyridine rings is 1. The maximum absolute atomic E-state index is 12.6. The fraction of sp³-hybridized carbons (Fsp3) is 0.720. The van der Waals surface area contributed by atoms with Gasteiger partial charge in [0.2, 0.25) is 5.91 Å². The van der Waals surface area contributed by atoms with Crippen LogP contribution in [0.15, 0.2) is 29.5 Å². The number of carbonyl (C=O) groups is 1. The average Bonchev–Trinajstić information content (AvgIpc) is 3.01. The van der Waals surface area contributed by atoms with Gasteiger partial charge in [0.15, 0.2) is 6.23 Å². The Balaban J connectivity index is 1.14. The lowest BCUT2D eigenvalue weighted by Crippen LogP contribution is -2.43. The van der Waals surface area contributed by atoms with Crippen LogP contribution in [0.4, 0.5) is 0 Å². The predicted molar refractivity (Wildman–Crippen MR) is 127 cm³/mol. The van der Waals surface area contributed by atoms with Crippen LogP contribution < -0.4 is 5.32 Å². The summed E-state index contributed by atoms with van der Waals surface area (Å²) in [7, 11) is 0. The van der Waals surface area contributed by atoms with Crippen molar-refractivity contribution < 1.29 is 9.53 Å². The molecule has 4 rings (SSSR count). The first-order valence-electron chi connectivity index (χ1n) is 12.5. The third-order valence-corrected chi connectivity index (χ3v) is 7.07. The van der Waals surface area contributed by atoms with E-state index in [1.807, 2.05) is 12.1 Å². The first kappa shape index (κ1) is 23.3. The molecule has 7 heteroatoms. The molecule has 2 atom stereocenters. The monoisotopic (exact) mass is 441 g/mol. The van der Waals surface area contributed by atoms with Gasteiger partial charge in [0.1, 0.15) is 0 Å². The van der Waals surface area contributed by atoms with Crippen LogP contribution in [0.1, 0.15) is 63.7 Å². The van der Waals surface area contributed by atoms with Gasteiger partial charge in [-0.15, -0.1) is 0 Å². The Morgan fingerprint density at radius 2 is 1.78 bits per heavy atom. The Morgan fingerprint density at radius 1 is 1.06 bits per heavy atom. The van der Waals surface area contributed by atoms with E-state index < -0.39 is 0 Å². The average molecular weight is 442 g/mol. The second-order valence-corrected chi connectivity index (χ2v) is 9.48. The van der Waals surface area contributed by atoms with Gasteiger partial charge in [-0.3, -0.25) is 19.7 Å². The highest BCUT2D eigenvalue weighted by atomic mass is 16.5. The first-order chi connectivity index (χ1) is 15.7. The van der Waals surface area contributed by atoms with E-state index in [9.17, 15) is 4.79 Å². The van der Waals surface area contributed by atoms with Crippen LogP contribution in [-0.4, -0.2) is 78.3 Å². The quantitative estimate of drug-likeness (QED) is 0.628. The van der Waals surface area contributed by atoms with Crippen LogP contribution in [0, 0.1) is 5.92 Å². The number of hydrogen-bond donors (Lipinski definition) is 1. The standard InChI is InChI=1S/C25H39N5O2/c1-20-23(28-25(32-20)22-7-12-26-13-8-22)19-30-17-9-21(10-18-30)24(31)27-11-6-16-29-14-4-2-3-5-15-29/h7-8,12-13,20-21,25H,2-6,9-11,14-19H2,1H3,(H,27,31).